The molecule has 1 heterocycles. The fourth-order valence-corrected chi connectivity index (χ4v) is 3.32. The molecular formula is C15H19N2O4S+. The smallest absolute Gasteiger partial charge is 0.269 e. The molecule has 118 valence electrons. The van der Waals surface area contributed by atoms with Crippen molar-refractivity contribution in [1.82, 2.24) is 0 Å². The fraction of sp³-hybridized carbons (Fsp3) is 0.333. The van der Waals surface area contributed by atoms with Crippen LogP contribution in [0.4, 0.5) is 5.69 Å². The van der Waals surface area contributed by atoms with Gasteiger partial charge in [0.1, 0.15) is 0 Å². The lowest BCUT2D eigenvalue weighted by Gasteiger charge is -2.18. The number of sulfone groups is 1. The SMILES string of the molecule is O=[N+]([O-])c1ccc(S(=O)(=O)/C=C/C=C/[NH+]2CCCCC2)cc1. The number of rotatable bonds is 5. The van der Waals surface area contributed by atoms with Gasteiger partial charge in [-0.05, 0) is 43.5 Å². The molecule has 0 unspecified atom stereocenters. The second-order valence-corrected chi connectivity index (χ2v) is 7.04. The van der Waals surface area contributed by atoms with Gasteiger partial charge in [-0.2, -0.15) is 0 Å². The minimum atomic E-state index is -3.57. The van der Waals surface area contributed by atoms with Gasteiger partial charge in [-0.15, -0.1) is 0 Å². The van der Waals surface area contributed by atoms with Crippen molar-refractivity contribution in [2.45, 2.75) is 24.2 Å². The Morgan fingerprint density at radius 2 is 1.68 bits per heavy atom. The molecule has 0 spiro atoms. The first-order valence-electron chi connectivity index (χ1n) is 7.18. The number of quaternary nitrogens is 1. The third-order valence-electron chi connectivity index (χ3n) is 3.57. The third kappa shape index (κ3) is 4.51. The normalized spacial score (nSPS) is 17.3. The molecule has 1 aliphatic rings. The molecule has 1 aromatic rings. The first-order chi connectivity index (χ1) is 10.5. The predicted octanol–water partition coefficient (Wildman–Crippen LogP) is 1.46. The van der Waals surface area contributed by atoms with E-state index in [0.717, 1.165) is 18.5 Å². The molecule has 0 aromatic heterocycles. The number of hydrogen-bond donors (Lipinski definition) is 1. The van der Waals surface area contributed by atoms with Gasteiger partial charge in [0.2, 0.25) is 0 Å². The van der Waals surface area contributed by atoms with Crippen LogP contribution in [0.25, 0.3) is 0 Å². The van der Waals surface area contributed by atoms with E-state index >= 15 is 0 Å². The van der Waals surface area contributed by atoms with E-state index in [0.29, 0.717) is 0 Å². The van der Waals surface area contributed by atoms with Crippen LogP contribution in [-0.4, -0.2) is 26.4 Å². The van der Waals surface area contributed by atoms with Gasteiger partial charge in [-0.3, -0.25) is 10.1 Å². The minimum Gasteiger partial charge on any atom is -0.309 e. The monoisotopic (exact) mass is 323 g/mol. The van der Waals surface area contributed by atoms with Crippen LogP contribution < -0.4 is 4.90 Å². The van der Waals surface area contributed by atoms with Crippen molar-refractivity contribution in [3.8, 4) is 0 Å². The molecule has 0 amide bonds. The van der Waals surface area contributed by atoms with Crippen LogP contribution in [0.1, 0.15) is 19.3 Å². The number of non-ortho nitro benzene ring substituents is 1. The molecule has 2 rings (SSSR count). The summed E-state index contributed by atoms with van der Waals surface area (Å²) in [5.41, 5.74) is -0.128. The molecule has 1 aliphatic heterocycles. The molecule has 6 nitrogen and oxygen atoms in total. The van der Waals surface area contributed by atoms with Gasteiger partial charge in [-0.25, -0.2) is 8.42 Å². The molecule has 0 atom stereocenters. The quantitative estimate of drug-likeness (QED) is 0.505. The third-order valence-corrected chi connectivity index (χ3v) is 5.02. The van der Waals surface area contributed by atoms with E-state index in [2.05, 4.69) is 0 Å². The second-order valence-electron chi connectivity index (χ2n) is 5.20. The summed E-state index contributed by atoms with van der Waals surface area (Å²) < 4.78 is 24.1. The van der Waals surface area contributed by atoms with E-state index in [1.165, 1.54) is 54.5 Å². The lowest BCUT2D eigenvalue weighted by molar-refractivity contribution is -0.852. The summed E-state index contributed by atoms with van der Waals surface area (Å²) in [4.78, 5) is 11.4. The fourth-order valence-electron chi connectivity index (χ4n) is 2.35. The van der Waals surface area contributed by atoms with Crippen molar-refractivity contribution in [2.75, 3.05) is 13.1 Å². The lowest BCUT2D eigenvalue weighted by Crippen LogP contribution is -3.08. The van der Waals surface area contributed by atoms with Crippen LogP contribution in [0.3, 0.4) is 0 Å². The number of piperidine rings is 1. The Morgan fingerprint density at radius 1 is 1.05 bits per heavy atom. The van der Waals surface area contributed by atoms with E-state index in [4.69, 9.17) is 0 Å². The molecule has 7 heteroatoms. The van der Waals surface area contributed by atoms with Crippen molar-refractivity contribution in [2.24, 2.45) is 0 Å². The molecule has 0 bridgehead atoms. The van der Waals surface area contributed by atoms with Crippen LogP contribution in [0.5, 0.6) is 0 Å². The van der Waals surface area contributed by atoms with Crippen molar-refractivity contribution in [3.05, 3.63) is 58.1 Å². The van der Waals surface area contributed by atoms with Crippen molar-refractivity contribution < 1.29 is 18.2 Å². The number of nitrogens with zero attached hydrogens (tertiary/aromatic N) is 1. The maximum atomic E-state index is 12.1. The van der Waals surface area contributed by atoms with E-state index in [1.807, 2.05) is 6.20 Å². The average molecular weight is 323 g/mol. The highest BCUT2D eigenvalue weighted by Crippen LogP contribution is 2.17. The first kappa shape index (κ1) is 16.4. The Morgan fingerprint density at radius 3 is 2.27 bits per heavy atom. The van der Waals surface area contributed by atoms with Gasteiger partial charge < -0.3 is 4.90 Å². The highest BCUT2D eigenvalue weighted by molar-refractivity contribution is 7.94. The highest BCUT2D eigenvalue weighted by atomic mass is 32.2. The van der Waals surface area contributed by atoms with Crippen molar-refractivity contribution in [1.29, 1.82) is 0 Å². The number of likely N-dealkylation sites (tertiary alicyclic amines) is 1. The van der Waals surface area contributed by atoms with Gasteiger partial charge in [-0.1, -0.05) is 0 Å². The topological polar surface area (TPSA) is 81.7 Å². The predicted molar refractivity (Wildman–Crippen MR) is 83.1 cm³/mol. The molecule has 1 saturated heterocycles. The molecule has 0 radical (unpaired) electrons. The molecule has 1 fully saturated rings. The molecule has 0 saturated carbocycles. The molecule has 1 N–H and O–H groups in total. The van der Waals surface area contributed by atoms with Crippen LogP contribution in [0.15, 0.2) is 52.9 Å². The number of hydrogen-bond acceptors (Lipinski definition) is 4. The standard InChI is InChI=1S/C15H18N2O4S/c18-17(19)14-6-8-15(9-7-14)22(20,21)13-5-4-12-16-10-2-1-3-11-16/h4-9,12-13H,1-3,10-11H2/p+1/b12-4+,13-5+. The van der Waals surface area contributed by atoms with E-state index < -0.39 is 14.8 Å². The number of nitrogens with one attached hydrogen (secondary N) is 1. The Kier molecular flexibility index (Phi) is 5.46. The van der Waals surface area contributed by atoms with Crippen LogP contribution in [0.2, 0.25) is 0 Å². The zero-order chi connectivity index (χ0) is 16.0. The Labute approximate surface area is 129 Å². The second kappa shape index (κ2) is 7.33. The molecule has 22 heavy (non-hydrogen) atoms. The average Bonchev–Trinajstić information content (AvgIpc) is 2.53. The number of benzene rings is 1. The van der Waals surface area contributed by atoms with Gasteiger partial charge in [0.15, 0.2) is 9.84 Å². The van der Waals surface area contributed by atoms with Gasteiger partial charge in [0.25, 0.3) is 5.69 Å². The summed E-state index contributed by atoms with van der Waals surface area (Å²) in [6, 6.07) is 4.87. The Bertz CT molecular complexity index is 672. The Hall–Kier alpha value is -1.99. The van der Waals surface area contributed by atoms with Crippen LogP contribution in [-0.2, 0) is 9.84 Å². The van der Waals surface area contributed by atoms with Gasteiger partial charge >= 0.3 is 0 Å². The zero-order valence-electron chi connectivity index (χ0n) is 12.1. The van der Waals surface area contributed by atoms with E-state index in [9.17, 15) is 18.5 Å². The number of nitro groups is 1. The Balaban J connectivity index is 2.01. The summed E-state index contributed by atoms with van der Waals surface area (Å²) >= 11 is 0. The molecule has 0 aliphatic carbocycles. The zero-order valence-corrected chi connectivity index (χ0v) is 13.0. The van der Waals surface area contributed by atoms with E-state index in [1.54, 1.807) is 6.08 Å². The largest absolute Gasteiger partial charge is 0.309 e. The highest BCUT2D eigenvalue weighted by Gasteiger charge is 2.13. The first-order valence-corrected chi connectivity index (χ1v) is 8.73. The van der Waals surface area contributed by atoms with E-state index in [-0.39, 0.29) is 10.6 Å². The number of allylic oxidation sites excluding steroid dienone is 2. The lowest BCUT2D eigenvalue weighted by atomic mass is 10.1. The number of nitro benzene ring substituents is 1. The van der Waals surface area contributed by atoms with Crippen molar-refractivity contribution in [3.63, 3.8) is 0 Å². The van der Waals surface area contributed by atoms with Crippen LogP contribution >= 0.6 is 0 Å². The minimum absolute atomic E-state index is 0.0491. The summed E-state index contributed by atoms with van der Waals surface area (Å²) in [6.07, 6.45) is 8.87. The van der Waals surface area contributed by atoms with Gasteiger partial charge in [0.05, 0.1) is 29.1 Å². The summed E-state index contributed by atoms with van der Waals surface area (Å²) in [7, 11) is -3.57. The molecular weight excluding hydrogens is 304 g/mol. The van der Waals surface area contributed by atoms with Gasteiger partial charge in [0, 0.05) is 17.5 Å². The van der Waals surface area contributed by atoms with Crippen molar-refractivity contribution >= 4 is 15.5 Å². The molecule has 1 aromatic carbocycles. The summed E-state index contributed by atoms with van der Waals surface area (Å²) in [5.74, 6) is 0. The summed E-state index contributed by atoms with van der Waals surface area (Å²) in [5, 5.41) is 11.7. The maximum absolute atomic E-state index is 12.1. The van der Waals surface area contributed by atoms with Crippen LogP contribution in [0, 0.1) is 10.1 Å². The maximum Gasteiger partial charge on any atom is 0.269 e. The summed E-state index contributed by atoms with van der Waals surface area (Å²) in [6.45, 7) is 2.17.